The smallest absolute Gasteiger partial charge is 0.254 e. The molecule has 3 rings (SSSR count). The Kier molecular flexibility index (Phi) is 7.38. The molecule has 0 spiro atoms. The number of rotatable bonds is 8. The van der Waals surface area contributed by atoms with Crippen LogP contribution in [0.5, 0.6) is 0 Å². The Morgan fingerprint density at radius 1 is 1.34 bits per heavy atom. The fraction of sp³-hybridized carbons (Fsp3) is 0.667. The Bertz CT molecular complexity index is 780. The van der Waals surface area contributed by atoms with Gasteiger partial charge in [-0.25, -0.2) is 4.21 Å². The van der Waals surface area contributed by atoms with Crippen LogP contribution in [0, 0.1) is 0 Å². The summed E-state index contributed by atoms with van der Waals surface area (Å²) in [6.07, 6.45) is 2.81. The summed E-state index contributed by atoms with van der Waals surface area (Å²) in [5, 5.41) is 6.33. The SMILES string of the molecule is CCN1Cc2c(cc(Cl)cc2[C@H](CCC2OCCCO2)CC(C)(C)S(N)=O)C1=O. The first-order valence-electron chi connectivity index (χ1n) is 10.2. The molecule has 0 bridgehead atoms. The highest BCUT2D eigenvalue weighted by molar-refractivity contribution is 7.84. The van der Waals surface area contributed by atoms with Crippen molar-refractivity contribution in [3.63, 3.8) is 0 Å². The van der Waals surface area contributed by atoms with Crippen LogP contribution in [-0.2, 0) is 27.0 Å². The first kappa shape index (κ1) is 22.7. The Balaban J connectivity index is 1.92. The summed E-state index contributed by atoms with van der Waals surface area (Å²) in [5.74, 6) is 0.0642. The normalized spacial score (nSPS) is 20.0. The molecule has 1 aromatic rings. The van der Waals surface area contributed by atoms with E-state index in [1.807, 2.05) is 31.7 Å². The summed E-state index contributed by atoms with van der Waals surface area (Å²) >= 11 is 6.41. The van der Waals surface area contributed by atoms with Crippen LogP contribution in [0.3, 0.4) is 0 Å². The zero-order valence-corrected chi connectivity index (χ0v) is 19.0. The van der Waals surface area contributed by atoms with Gasteiger partial charge in [0, 0.05) is 23.7 Å². The number of nitrogens with two attached hydrogens (primary N) is 1. The summed E-state index contributed by atoms with van der Waals surface area (Å²) in [7, 11) is -1.47. The highest BCUT2D eigenvalue weighted by atomic mass is 35.5. The molecule has 2 aliphatic rings. The van der Waals surface area contributed by atoms with Gasteiger partial charge in [0.25, 0.3) is 5.91 Å². The van der Waals surface area contributed by atoms with Crippen molar-refractivity contribution in [2.24, 2.45) is 5.14 Å². The van der Waals surface area contributed by atoms with Gasteiger partial charge in [0.2, 0.25) is 0 Å². The predicted molar refractivity (Wildman–Crippen MR) is 115 cm³/mol. The molecule has 8 heteroatoms. The molecule has 6 nitrogen and oxygen atoms in total. The van der Waals surface area contributed by atoms with Crippen molar-refractivity contribution in [2.75, 3.05) is 19.8 Å². The van der Waals surface area contributed by atoms with E-state index < -0.39 is 15.7 Å². The van der Waals surface area contributed by atoms with Gasteiger partial charge in [0.1, 0.15) is 0 Å². The number of nitrogens with zero attached hydrogens (tertiary/aromatic N) is 1. The van der Waals surface area contributed by atoms with Crippen molar-refractivity contribution in [2.45, 2.75) is 70.0 Å². The molecule has 1 fully saturated rings. The van der Waals surface area contributed by atoms with Crippen LogP contribution >= 0.6 is 11.6 Å². The number of amides is 1. The van der Waals surface area contributed by atoms with Crippen molar-refractivity contribution < 1.29 is 18.5 Å². The van der Waals surface area contributed by atoms with Gasteiger partial charge in [-0.3, -0.25) is 9.93 Å². The third-order valence-corrected chi connectivity index (χ3v) is 7.34. The molecule has 2 aliphatic heterocycles. The Morgan fingerprint density at radius 2 is 2.03 bits per heavy atom. The fourth-order valence-electron chi connectivity index (χ4n) is 4.16. The van der Waals surface area contributed by atoms with Gasteiger partial charge in [0.15, 0.2) is 6.29 Å². The Morgan fingerprint density at radius 3 is 2.66 bits per heavy atom. The second-order valence-electron chi connectivity index (χ2n) is 8.40. The van der Waals surface area contributed by atoms with E-state index in [4.69, 9.17) is 26.2 Å². The van der Waals surface area contributed by atoms with Gasteiger partial charge in [-0.2, -0.15) is 0 Å². The van der Waals surface area contributed by atoms with E-state index in [-0.39, 0.29) is 18.1 Å². The first-order valence-corrected chi connectivity index (χ1v) is 11.8. The van der Waals surface area contributed by atoms with E-state index >= 15 is 0 Å². The van der Waals surface area contributed by atoms with Crippen molar-refractivity contribution in [1.29, 1.82) is 0 Å². The van der Waals surface area contributed by atoms with E-state index in [0.717, 1.165) is 30.4 Å². The van der Waals surface area contributed by atoms with Crippen LogP contribution in [0.15, 0.2) is 12.1 Å². The molecule has 1 aromatic carbocycles. The van der Waals surface area contributed by atoms with Crippen molar-refractivity contribution in [3.05, 3.63) is 33.8 Å². The molecule has 29 heavy (non-hydrogen) atoms. The number of carbonyl (C=O) groups is 1. The summed E-state index contributed by atoms with van der Waals surface area (Å²) < 4.78 is 23.0. The van der Waals surface area contributed by atoms with E-state index in [1.165, 1.54) is 0 Å². The third-order valence-electron chi connectivity index (χ3n) is 5.87. The van der Waals surface area contributed by atoms with Crippen LogP contribution in [0.4, 0.5) is 0 Å². The minimum atomic E-state index is -1.47. The number of ether oxygens (including phenoxy) is 2. The predicted octanol–water partition coefficient (Wildman–Crippen LogP) is 3.73. The molecule has 0 aromatic heterocycles. The van der Waals surface area contributed by atoms with E-state index in [0.29, 0.717) is 43.3 Å². The zero-order chi connectivity index (χ0) is 21.2. The molecule has 2 N–H and O–H groups in total. The third kappa shape index (κ3) is 5.20. The minimum Gasteiger partial charge on any atom is -0.353 e. The second-order valence-corrected chi connectivity index (χ2v) is 10.5. The number of hydrogen-bond acceptors (Lipinski definition) is 4. The fourth-order valence-corrected chi connectivity index (χ4v) is 4.75. The molecular formula is C21H31ClN2O4S. The summed E-state index contributed by atoms with van der Waals surface area (Å²) in [6.45, 7) is 8.45. The Labute approximate surface area is 180 Å². The molecule has 1 unspecified atom stereocenters. The summed E-state index contributed by atoms with van der Waals surface area (Å²) in [4.78, 5) is 14.5. The molecule has 162 valence electrons. The van der Waals surface area contributed by atoms with E-state index in [2.05, 4.69) is 0 Å². The first-order chi connectivity index (χ1) is 13.7. The maximum atomic E-state index is 12.7. The lowest BCUT2D eigenvalue weighted by atomic mass is 9.83. The van der Waals surface area contributed by atoms with Crippen molar-refractivity contribution >= 4 is 28.5 Å². The summed E-state index contributed by atoms with van der Waals surface area (Å²) in [6, 6.07) is 3.71. The highest BCUT2D eigenvalue weighted by Gasteiger charge is 2.35. The monoisotopic (exact) mass is 442 g/mol. The molecule has 2 heterocycles. The lowest BCUT2D eigenvalue weighted by Gasteiger charge is -2.31. The maximum absolute atomic E-state index is 12.7. The second kappa shape index (κ2) is 9.43. The molecular weight excluding hydrogens is 412 g/mol. The lowest BCUT2D eigenvalue weighted by molar-refractivity contribution is -0.182. The summed E-state index contributed by atoms with van der Waals surface area (Å²) in [5.41, 5.74) is 2.75. The maximum Gasteiger partial charge on any atom is 0.254 e. The molecule has 2 atom stereocenters. The van der Waals surface area contributed by atoms with Crippen molar-refractivity contribution in [1.82, 2.24) is 4.90 Å². The van der Waals surface area contributed by atoms with E-state index in [1.54, 1.807) is 6.07 Å². The standard InChI is InChI=1S/C21H31ClN2O4S/c1-4-24-13-18-16(10-15(22)11-17(18)20(24)25)14(12-21(2,3)29(23)26)6-7-19-27-8-5-9-28-19/h10-11,14,19H,4-9,12-13,23H2,1-3H3/t14-,29?/m1/s1. The Hall–Kier alpha value is -0.990. The topological polar surface area (TPSA) is 81.9 Å². The van der Waals surface area contributed by atoms with Gasteiger partial charge in [-0.15, -0.1) is 0 Å². The molecule has 1 saturated heterocycles. The number of hydrogen-bond donors (Lipinski definition) is 1. The number of carbonyl (C=O) groups excluding carboxylic acids is 1. The number of halogens is 1. The highest BCUT2D eigenvalue weighted by Crippen LogP contribution is 2.40. The average molecular weight is 443 g/mol. The quantitative estimate of drug-likeness (QED) is 0.664. The van der Waals surface area contributed by atoms with Gasteiger partial charge >= 0.3 is 0 Å². The van der Waals surface area contributed by atoms with Gasteiger partial charge in [-0.05, 0) is 75.6 Å². The lowest BCUT2D eigenvalue weighted by Crippen LogP contribution is -2.34. The van der Waals surface area contributed by atoms with Crippen LogP contribution in [0.25, 0.3) is 0 Å². The molecule has 0 radical (unpaired) electrons. The van der Waals surface area contributed by atoms with Crippen LogP contribution < -0.4 is 5.14 Å². The largest absolute Gasteiger partial charge is 0.353 e. The van der Waals surface area contributed by atoms with Crippen LogP contribution in [-0.4, -0.2) is 45.8 Å². The minimum absolute atomic E-state index is 0.0191. The van der Waals surface area contributed by atoms with Crippen LogP contribution in [0.2, 0.25) is 5.02 Å². The zero-order valence-electron chi connectivity index (χ0n) is 17.4. The average Bonchev–Trinajstić information content (AvgIpc) is 3.01. The van der Waals surface area contributed by atoms with Crippen LogP contribution in [0.1, 0.15) is 73.9 Å². The van der Waals surface area contributed by atoms with Gasteiger partial charge < -0.3 is 14.4 Å². The molecule has 0 saturated carbocycles. The molecule has 0 aliphatic carbocycles. The van der Waals surface area contributed by atoms with E-state index in [9.17, 15) is 9.00 Å². The molecule has 1 amide bonds. The van der Waals surface area contributed by atoms with Gasteiger partial charge in [-0.1, -0.05) is 11.6 Å². The van der Waals surface area contributed by atoms with Gasteiger partial charge in [0.05, 0.1) is 28.9 Å². The number of benzene rings is 1. The number of fused-ring (bicyclic) bond motifs is 1. The van der Waals surface area contributed by atoms with Crippen molar-refractivity contribution in [3.8, 4) is 0 Å².